The molecule has 2 aliphatic carbocycles. The maximum Gasteiger partial charge on any atom is 0.411 e. The van der Waals surface area contributed by atoms with Gasteiger partial charge < -0.3 is 9.47 Å². The smallest absolute Gasteiger partial charge is 0.411 e. The summed E-state index contributed by atoms with van der Waals surface area (Å²) < 4.78 is 12.4. The van der Waals surface area contributed by atoms with Gasteiger partial charge in [-0.05, 0) is 73.6 Å². The molecule has 6 heteroatoms. The zero-order chi connectivity index (χ0) is 27.5. The lowest BCUT2D eigenvalue weighted by Gasteiger charge is -2.53. The molecule has 0 aromatic heterocycles. The molecular weight excluding hydrogens is 476 g/mol. The molecule has 0 N–H and O–H groups in total. The maximum atomic E-state index is 13.5. The van der Waals surface area contributed by atoms with Gasteiger partial charge in [-0.1, -0.05) is 76.2 Å². The molecule has 0 bridgehead atoms. The Morgan fingerprint density at radius 1 is 0.579 bits per heavy atom. The van der Waals surface area contributed by atoms with Crippen LogP contribution in [0.3, 0.4) is 0 Å². The minimum Gasteiger partial charge on any atom is -0.440 e. The summed E-state index contributed by atoms with van der Waals surface area (Å²) in [7, 11) is 0. The monoisotopic (exact) mass is 516 g/mol. The second kappa shape index (κ2) is 7.34. The average molecular weight is 517 g/mol. The van der Waals surface area contributed by atoms with Crippen molar-refractivity contribution in [2.45, 2.75) is 101 Å². The molecule has 0 unspecified atom stereocenters. The number of carbonyl (C=O) groups excluding carboxylic acids is 2. The third kappa shape index (κ3) is 2.89. The molecule has 2 amide bonds. The van der Waals surface area contributed by atoms with Crippen molar-refractivity contribution in [3.8, 4) is 0 Å². The zero-order valence-corrected chi connectivity index (χ0v) is 24.0. The van der Waals surface area contributed by atoms with Gasteiger partial charge in [-0.25, -0.2) is 9.59 Å². The molecule has 2 saturated heterocycles. The van der Waals surface area contributed by atoms with E-state index in [0.29, 0.717) is 13.1 Å². The summed E-state index contributed by atoms with van der Waals surface area (Å²) in [6.07, 6.45) is 0.792. The van der Waals surface area contributed by atoms with Gasteiger partial charge in [0.2, 0.25) is 0 Å². The summed E-state index contributed by atoms with van der Waals surface area (Å²) in [6, 6.07) is 16.8. The van der Waals surface area contributed by atoms with Crippen LogP contribution in [0.1, 0.15) is 90.5 Å². The Morgan fingerprint density at radius 3 is 1.24 bits per heavy atom. The number of ether oxygens (including phenoxy) is 2. The molecule has 0 radical (unpaired) electrons. The number of carbonyl (C=O) groups is 2. The lowest BCUT2D eigenvalue weighted by Crippen LogP contribution is -2.61. The molecule has 0 spiro atoms. The summed E-state index contributed by atoms with van der Waals surface area (Å²) >= 11 is 0. The summed E-state index contributed by atoms with van der Waals surface area (Å²) in [5.41, 5.74) is 1.78. The van der Waals surface area contributed by atoms with Gasteiger partial charge in [0.05, 0.1) is 0 Å². The number of rotatable bonds is 3. The van der Waals surface area contributed by atoms with Crippen LogP contribution in [-0.2, 0) is 31.4 Å². The van der Waals surface area contributed by atoms with E-state index in [1.54, 1.807) is 0 Å². The third-order valence-electron chi connectivity index (χ3n) is 10.7. The molecule has 6 nitrogen and oxygen atoms in total. The Kier molecular flexibility index (Phi) is 4.88. The molecule has 38 heavy (non-hydrogen) atoms. The van der Waals surface area contributed by atoms with Crippen LogP contribution in [0, 0.1) is 0 Å². The molecule has 202 valence electrons. The van der Waals surface area contributed by atoms with Crippen LogP contribution in [0.4, 0.5) is 9.59 Å². The van der Waals surface area contributed by atoms with Crippen molar-refractivity contribution in [1.29, 1.82) is 0 Å². The molecule has 4 atom stereocenters. The standard InChI is InChI=1S/C32H40N2O4/c1-27(2)19-29(5)31(7,23-15-11-9-13-21(23)27)33(25(35)37-29)17-18-34-26(36)38-30(6)20-28(3,4)22-14-10-12-16-24(22)32(30,34)8/h9-16H,17-20H2,1-8H3/t29-,30+,31-,32-/m1/s1. The van der Waals surface area contributed by atoms with Crippen LogP contribution in [-0.4, -0.2) is 46.3 Å². The number of fused-ring (bicyclic) bond motifs is 6. The molecule has 0 saturated carbocycles. The van der Waals surface area contributed by atoms with E-state index in [0.717, 1.165) is 24.0 Å². The van der Waals surface area contributed by atoms with Crippen LogP contribution in [0.25, 0.3) is 0 Å². The Labute approximate surface area is 226 Å². The maximum absolute atomic E-state index is 13.5. The van der Waals surface area contributed by atoms with E-state index in [4.69, 9.17) is 9.47 Å². The van der Waals surface area contributed by atoms with Gasteiger partial charge in [0, 0.05) is 13.1 Å². The Bertz CT molecular complexity index is 1260. The van der Waals surface area contributed by atoms with E-state index >= 15 is 0 Å². The number of nitrogens with zero attached hydrogens (tertiary/aromatic N) is 2. The Morgan fingerprint density at radius 2 is 0.895 bits per heavy atom. The lowest BCUT2D eigenvalue weighted by atomic mass is 9.58. The molecular formula is C32H40N2O4. The van der Waals surface area contributed by atoms with E-state index in [9.17, 15) is 9.59 Å². The van der Waals surface area contributed by atoms with Gasteiger partial charge >= 0.3 is 12.2 Å². The van der Waals surface area contributed by atoms with E-state index < -0.39 is 22.3 Å². The van der Waals surface area contributed by atoms with Crippen molar-refractivity contribution in [3.63, 3.8) is 0 Å². The van der Waals surface area contributed by atoms with E-state index in [1.807, 2.05) is 21.9 Å². The van der Waals surface area contributed by atoms with Crippen LogP contribution in [0.15, 0.2) is 48.5 Å². The van der Waals surface area contributed by atoms with Crippen molar-refractivity contribution in [1.82, 2.24) is 9.80 Å². The fourth-order valence-corrected chi connectivity index (χ4v) is 8.61. The Hall–Kier alpha value is -3.02. The van der Waals surface area contributed by atoms with Crippen molar-refractivity contribution in [3.05, 3.63) is 70.8 Å². The van der Waals surface area contributed by atoms with Gasteiger partial charge in [-0.15, -0.1) is 0 Å². The van der Waals surface area contributed by atoms with Crippen LogP contribution < -0.4 is 0 Å². The van der Waals surface area contributed by atoms with E-state index in [-0.39, 0.29) is 23.0 Å². The van der Waals surface area contributed by atoms with Gasteiger partial charge in [0.15, 0.2) is 0 Å². The summed E-state index contributed by atoms with van der Waals surface area (Å²) in [5, 5.41) is 0. The first-order chi connectivity index (χ1) is 17.6. The minimum atomic E-state index is -0.687. The predicted octanol–water partition coefficient (Wildman–Crippen LogP) is 6.60. The number of amides is 2. The number of benzene rings is 2. The van der Waals surface area contributed by atoms with E-state index in [2.05, 4.69) is 91.8 Å². The molecule has 2 fully saturated rings. The first-order valence-corrected chi connectivity index (χ1v) is 13.8. The summed E-state index contributed by atoms with van der Waals surface area (Å²) in [4.78, 5) is 30.8. The van der Waals surface area contributed by atoms with Gasteiger partial charge in [0.1, 0.15) is 22.3 Å². The zero-order valence-electron chi connectivity index (χ0n) is 24.0. The SMILES string of the molecule is CC1(C)C[C@@]2(C)OC(=O)N(CCN3C(=O)O[C@@]4(C)CC(C)(C)c5ccccc5[C@@]34C)[C@]2(C)c2ccccc21. The highest BCUT2D eigenvalue weighted by Crippen LogP contribution is 2.59. The third-order valence-corrected chi connectivity index (χ3v) is 10.7. The summed E-state index contributed by atoms with van der Waals surface area (Å²) in [5.74, 6) is 0. The fraction of sp³-hybridized carbons (Fsp3) is 0.562. The van der Waals surface area contributed by atoms with Crippen molar-refractivity contribution >= 4 is 12.2 Å². The predicted molar refractivity (Wildman–Crippen MR) is 146 cm³/mol. The molecule has 6 rings (SSSR count). The van der Waals surface area contributed by atoms with Gasteiger partial charge in [-0.3, -0.25) is 9.80 Å². The van der Waals surface area contributed by atoms with Crippen LogP contribution >= 0.6 is 0 Å². The number of hydrogen-bond acceptors (Lipinski definition) is 4. The first kappa shape index (κ1) is 25.3. The lowest BCUT2D eigenvalue weighted by molar-refractivity contribution is -0.0368. The Balaban J connectivity index is 1.40. The van der Waals surface area contributed by atoms with Crippen LogP contribution in [0.5, 0.6) is 0 Å². The second-order valence-electron chi connectivity index (χ2n) is 13.9. The highest BCUT2D eigenvalue weighted by Gasteiger charge is 2.68. The molecule has 2 aromatic carbocycles. The van der Waals surface area contributed by atoms with Crippen molar-refractivity contribution in [2.75, 3.05) is 13.1 Å². The topological polar surface area (TPSA) is 59.1 Å². The van der Waals surface area contributed by atoms with E-state index in [1.165, 1.54) is 11.1 Å². The fourth-order valence-electron chi connectivity index (χ4n) is 8.61. The normalized spacial score (nSPS) is 36.1. The number of hydrogen-bond donors (Lipinski definition) is 0. The first-order valence-electron chi connectivity index (χ1n) is 13.8. The van der Waals surface area contributed by atoms with Crippen molar-refractivity contribution in [2.24, 2.45) is 0 Å². The molecule has 4 aliphatic rings. The summed E-state index contributed by atoms with van der Waals surface area (Å²) in [6.45, 7) is 18.0. The average Bonchev–Trinajstić information content (AvgIpc) is 3.14. The van der Waals surface area contributed by atoms with Crippen LogP contribution in [0.2, 0.25) is 0 Å². The second-order valence-corrected chi connectivity index (χ2v) is 13.9. The largest absolute Gasteiger partial charge is 0.440 e. The minimum absolute atomic E-state index is 0.131. The van der Waals surface area contributed by atoms with Crippen molar-refractivity contribution < 1.29 is 19.1 Å². The highest BCUT2D eigenvalue weighted by molar-refractivity contribution is 5.76. The van der Waals surface area contributed by atoms with Gasteiger partial charge in [-0.2, -0.15) is 0 Å². The van der Waals surface area contributed by atoms with Gasteiger partial charge in [0.25, 0.3) is 0 Å². The molecule has 2 heterocycles. The quantitative estimate of drug-likeness (QED) is 0.461. The molecule has 2 aliphatic heterocycles. The highest BCUT2D eigenvalue weighted by atomic mass is 16.6. The molecule has 2 aromatic rings.